The lowest BCUT2D eigenvalue weighted by Crippen LogP contribution is -2.41. The fourth-order valence-corrected chi connectivity index (χ4v) is 2.20. The summed E-state index contributed by atoms with van der Waals surface area (Å²) in [4.78, 5) is 0.0417. The van der Waals surface area contributed by atoms with Crippen LogP contribution in [0.5, 0.6) is 0 Å². The van der Waals surface area contributed by atoms with Gasteiger partial charge in [0.05, 0.1) is 11.8 Å². The zero-order chi connectivity index (χ0) is 12.9. The normalized spacial score (nSPS) is 15.7. The van der Waals surface area contributed by atoms with Gasteiger partial charge >= 0.3 is 0 Å². The molecular formula is C9H17N3O4S. The summed E-state index contributed by atoms with van der Waals surface area (Å²) >= 11 is 0. The van der Waals surface area contributed by atoms with Gasteiger partial charge in [-0.1, -0.05) is 0 Å². The van der Waals surface area contributed by atoms with Crippen LogP contribution in [0.4, 0.5) is 0 Å². The molecule has 0 fully saturated rings. The maximum absolute atomic E-state index is 11.7. The smallest absolute Gasteiger partial charge is 0.243 e. The minimum atomic E-state index is -3.62. The number of hydrogen-bond donors (Lipinski definition) is 3. The first kappa shape index (κ1) is 14.1. The highest BCUT2D eigenvalue weighted by Crippen LogP contribution is 2.10. The third kappa shape index (κ3) is 4.43. The fourth-order valence-electron chi connectivity index (χ4n) is 1.13. The minimum absolute atomic E-state index is 0.0417. The molecule has 1 heterocycles. The molecule has 1 atom stereocenters. The summed E-state index contributed by atoms with van der Waals surface area (Å²) in [7, 11) is -2.10. The first-order chi connectivity index (χ1) is 7.87. The molecule has 98 valence electrons. The van der Waals surface area contributed by atoms with Gasteiger partial charge < -0.3 is 9.84 Å². The van der Waals surface area contributed by atoms with Gasteiger partial charge in [-0.3, -0.25) is 5.10 Å². The molecule has 1 aromatic heterocycles. The van der Waals surface area contributed by atoms with Gasteiger partial charge in [0.15, 0.2) is 0 Å². The Morgan fingerprint density at radius 2 is 2.35 bits per heavy atom. The predicted octanol–water partition coefficient (Wildman–Crippen LogP) is -0.524. The summed E-state index contributed by atoms with van der Waals surface area (Å²) in [5.41, 5.74) is -1.15. The number of hydrogen-bond acceptors (Lipinski definition) is 5. The molecule has 0 saturated heterocycles. The molecule has 0 aliphatic carbocycles. The molecule has 1 unspecified atom stereocenters. The Hall–Kier alpha value is -0.960. The van der Waals surface area contributed by atoms with Crippen molar-refractivity contribution in [3.8, 4) is 0 Å². The van der Waals surface area contributed by atoms with E-state index in [0.717, 1.165) is 0 Å². The van der Waals surface area contributed by atoms with Gasteiger partial charge in [0.1, 0.15) is 4.90 Å². The van der Waals surface area contributed by atoms with E-state index in [1.165, 1.54) is 19.5 Å². The molecule has 1 aromatic rings. The Kier molecular flexibility index (Phi) is 4.63. The number of methoxy groups -OCH3 is 1. The molecule has 0 aliphatic heterocycles. The van der Waals surface area contributed by atoms with Crippen LogP contribution in [0.2, 0.25) is 0 Å². The number of nitrogens with zero attached hydrogens (tertiary/aromatic N) is 1. The molecule has 7 nitrogen and oxygen atoms in total. The topological polar surface area (TPSA) is 104 Å². The van der Waals surface area contributed by atoms with Crippen molar-refractivity contribution in [1.82, 2.24) is 14.9 Å². The predicted molar refractivity (Wildman–Crippen MR) is 60.9 cm³/mol. The van der Waals surface area contributed by atoms with Crippen LogP contribution in [-0.2, 0) is 14.8 Å². The Balaban J connectivity index is 2.56. The zero-order valence-corrected chi connectivity index (χ0v) is 10.6. The Morgan fingerprint density at radius 1 is 1.65 bits per heavy atom. The van der Waals surface area contributed by atoms with Crippen molar-refractivity contribution < 1.29 is 18.3 Å². The number of H-pyrrole nitrogens is 1. The number of rotatable bonds is 7. The van der Waals surface area contributed by atoms with Crippen molar-refractivity contribution >= 4 is 10.0 Å². The summed E-state index contributed by atoms with van der Waals surface area (Å²) in [5, 5.41) is 15.8. The van der Waals surface area contributed by atoms with E-state index in [1.54, 1.807) is 6.92 Å². The quantitative estimate of drug-likeness (QED) is 0.614. The summed E-state index contributed by atoms with van der Waals surface area (Å²) in [6.45, 7) is 1.83. The van der Waals surface area contributed by atoms with Crippen molar-refractivity contribution in [1.29, 1.82) is 0 Å². The van der Waals surface area contributed by atoms with E-state index < -0.39 is 15.6 Å². The number of aliphatic hydroxyl groups is 1. The molecule has 17 heavy (non-hydrogen) atoms. The number of sulfonamides is 1. The number of aromatic nitrogens is 2. The van der Waals surface area contributed by atoms with Gasteiger partial charge in [0.25, 0.3) is 0 Å². The summed E-state index contributed by atoms with van der Waals surface area (Å²) in [6.07, 6.45) is 2.82. The van der Waals surface area contributed by atoms with Gasteiger partial charge in [-0.05, 0) is 6.92 Å². The zero-order valence-electron chi connectivity index (χ0n) is 9.80. The molecule has 0 radical (unpaired) electrons. The van der Waals surface area contributed by atoms with Crippen molar-refractivity contribution in [2.24, 2.45) is 0 Å². The second kappa shape index (κ2) is 5.58. The Morgan fingerprint density at radius 3 is 2.88 bits per heavy atom. The van der Waals surface area contributed by atoms with Gasteiger partial charge in [-0.25, -0.2) is 13.1 Å². The van der Waals surface area contributed by atoms with E-state index in [0.29, 0.717) is 13.0 Å². The van der Waals surface area contributed by atoms with E-state index in [9.17, 15) is 13.5 Å². The molecule has 0 aromatic carbocycles. The van der Waals surface area contributed by atoms with Crippen LogP contribution < -0.4 is 4.72 Å². The molecule has 0 amide bonds. The first-order valence-corrected chi connectivity index (χ1v) is 6.55. The van der Waals surface area contributed by atoms with Gasteiger partial charge in [-0.15, -0.1) is 0 Å². The Bertz CT molecular complexity index is 427. The summed E-state index contributed by atoms with van der Waals surface area (Å²) in [5.74, 6) is 0. The summed E-state index contributed by atoms with van der Waals surface area (Å²) < 4.78 is 30.5. The molecule has 3 N–H and O–H groups in total. The molecule has 0 bridgehead atoms. The van der Waals surface area contributed by atoms with E-state index in [1.807, 2.05) is 0 Å². The third-order valence-electron chi connectivity index (χ3n) is 2.27. The lowest BCUT2D eigenvalue weighted by Gasteiger charge is -2.22. The standard InChI is InChI=1S/C9H17N3O4S/c1-9(13,3-4-16-2)7-12-17(14,15)8-5-10-11-6-8/h5-6,12-13H,3-4,7H2,1-2H3,(H,10,11). The van der Waals surface area contributed by atoms with Crippen molar-refractivity contribution in [3.63, 3.8) is 0 Å². The average Bonchev–Trinajstić information content (AvgIpc) is 2.78. The largest absolute Gasteiger partial charge is 0.389 e. The monoisotopic (exact) mass is 263 g/mol. The maximum atomic E-state index is 11.7. The Labute approximate surface area is 100 Å². The first-order valence-electron chi connectivity index (χ1n) is 5.07. The van der Waals surface area contributed by atoms with Crippen LogP contribution in [0.15, 0.2) is 17.3 Å². The lowest BCUT2D eigenvalue weighted by atomic mass is 10.0. The lowest BCUT2D eigenvalue weighted by molar-refractivity contribution is 0.0292. The van der Waals surface area contributed by atoms with Gasteiger partial charge in [0, 0.05) is 32.9 Å². The van der Waals surface area contributed by atoms with Crippen LogP contribution in [0.3, 0.4) is 0 Å². The molecule has 8 heteroatoms. The SMILES string of the molecule is COCCC(C)(O)CNS(=O)(=O)c1cn[nH]c1. The van der Waals surface area contributed by atoms with Gasteiger partial charge in [0.2, 0.25) is 10.0 Å². The number of aromatic amines is 1. The second-order valence-electron chi connectivity index (χ2n) is 4.00. The molecule has 1 rings (SSSR count). The van der Waals surface area contributed by atoms with E-state index in [2.05, 4.69) is 14.9 Å². The van der Waals surface area contributed by atoms with Crippen molar-refractivity contribution in [3.05, 3.63) is 12.4 Å². The van der Waals surface area contributed by atoms with Crippen molar-refractivity contribution in [2.75, 3.05) is 20.3 Å². The van der Waals surface area contributed by atoms with Crippen LogP contribution in [0.25, 0.3) is 0 Å². The molecule has 0 spiro atoms. The average molecular weight is 263 g/mol. The maximum Gasteiger partial charge on any atom is 0.243 e. The highest BCUT2D eigenvalue weighted by atomic mass is 32.2. The van der Waals surface area contributed by atoms with Crippen LogP contribution in [0.1, 0.15) is 13.3 Å². The summed E-state index contributed by atoms with van der Waals surface area (Å²) in [6, 6.07) is 0. The van der Waals surface area contributed by atoms with Crippen LogP contribution >= 0.6 is 0 Å². The minimum Gasteiger partial charge on any atom is -0.389 e. The van der Waals surface area contributed by atoms with Gasteiger partial charge in [-0.2, -0.15) is 5.10 Å². The van der Waals surface area contributed by atoms with Crippen LogP contribution in [-0.4, -0.2) is 49.6 Å². The molecule has 0 saturated carbocycles. The number of nitrogens with one attached hydrogen (secondary N) is 2. The van der Waals surface area contributed by atoms with E-state index in [-0.39, 0.29) is 11.4 Å². The van der Waals surface area contributed by atoms with E-state index in [4.69, 9.17) is 4.74 Å². The highest BCUT2D eigenvalue weighted by Gasteiger charge is 2.24. The van der Waals surface area contributed by atoms with E-state index >= 15 is 0 Å². The fraction of sp³-hybridized carbons (Fsp3) is 0.667. The highest BCUT2D eigenvalue weighted by molar-refractivity contribution is 7.89. The third-order valence-corrected chi connectivity index (χ3v) is 3.64. The molecular weight excluding hydrogens is 246 g/mol. The second-order valence-corrected chi connectivity index (χ2v) is 5.77. The van der Waals surface area contributed by atoms with Crippen molar-refractivity contribution in [2.45, 2.75) is 23.8 Å². The number of ether oxygens (including phenoxy) is 1. The van der Waals surface area contributed by atoms with Crippen LogP contribution in [0, 0.1) is 0 Å². The molecule has 0 aliphatic rings.